The average Bonchev–Trinajstić information content (AvgIpc) is 3.39. The zero-order valence-electron chi connectivity index (χ0n) is 15.8. The first kappa shape index (κ1) is 17.5. The van der Waals surface area contributed by atoms with E-state index in [1.807, 2.05) is 47.6 Å². The van der Waals surface area contributed by atoms with E-state index in [0.717, 1.165) is 48.6 Å². The minimum atomic E-state index is 0.0958. The van der Waals surface area contributed by atoms with Crippen LogP contribution in [-0.2, 0) is 0 Å². The van der Waals surface area contributed by atoms with Gasteiger partial charge in [-0.1, -0.05) is 12.1 Å². The van der Waals surface area contributed by atoms with Gasteiger partial charge >= 0.3 is 0 Å². The Morgan fingerprint density at radius 2 is 2.00 bits per heavy atom. The fraction of sp³-hybridized carbons (Fsp3) is 0.381. The second-order valence-electron chi connectivity index (χ2n) is 7.42. The van der Waals surface area contributed by atoms with E-state index < -0.39 is 0 Å². The smallest absolute Gasteiger partial charge is 0.253 e. The number of nitrogens with zero attached hydrogens (tertiary/aromatic N) is 4. The molecule has 1 aliphatic rings. The Hall–Kier alpha value is -2.89. The normalized spacial score (nSPS) is 17.4. The number of imidazole rings is 1. The third kappa shape index (κ3) is 3.52. The molecule has 6 heteroatoms. The van der Waals surface area contributed by atoms with E-state index in [1.54, 1.807) is 6.20 Å². The maximum absolute atomic E-state index is 13.0. The molecule has 0 radical (unpaired) electrons. The molecule has 0 saturated carbocycles. The van der Waals surface area contributed by atoms with Crippen LogP contribution in [0.2, 0.25) is 0 Å². The van der Waals surface area contributed by atoms with Crippen molar-refractivity contribution < 1.29 is 4.79 Å². The molecule has 1 N–H and O–H groups in total. The Morgan fingerprint density at radius 3 is 2.70 bits per heavy atom. The number of carbonyl (C=O) groups is 1. The third-order valence-corrected chi connectivity index (χ3v) is 5.27. The standard InChI is InChI=1S/C21H25N5O/c1-15(2)26-13-11-22-20(26)18-4-3-12-25(14-18)21(27)17-7-5-16(6-8-17)19-9-10-23-24-19/h5-11,13,15,18H,3-4,12,14H2,1-2H3,(H,23,24). The van der Waals surface area contributed by atoms with Crippen LogP contribution >= 0.6 is 0 Å². The van der Waals surface area contributed by atoms with Crippen LogP contribution < -0.4 is 0 Å². The molecule has 0 aliphatic carbocycles. The van der Waals surface area contributed by atoms with Crippen molar-refractivity contribution in [3.63, 3.8) is 0 Å². The van der Waals surface area contributed by atoms with Crippen LogP contribution in [0.1, 0.15) is 54.8 Å². The SMILES string of the molecule is CC(C)n1ccnc1C1CCCN(C(=O)c2ccc(-c3ccn[nH]3)cc2)C1. The lowest BCUT2D eigenvalue weighted by Gasteiger charge is -2.33. The molecule has 1 aromatic carbocycles. The number of aromatic nitrogens is 4. The number of likely N-dealkylation sites (tertiary alicyclic amines) is 1. The van der Waals surface area contributed by atoms with Gasteiger partial charge in [-0.2, -0.15) is 5.10 Å². The van der Waals surface area contributed by atoms with Crippen molar-refractivity contribution in [3.8, 4) is 11.3 Å². The molecular formula is C21H25N5O. The highest BCUT2D eigenvalue weighted by Gasteiger charge is 2.28. The van der Waals surface area contributed by atoms with Gasteiger partial charge in [0.05, 0.1) is 5.69 Å². The predicted octanol–water partition coefficient (Wildman–Crippen LogP) is 3.87. The number of hydrogen-bond donors (Lipinski definition) is 1. The van der Waals surface area contributed by atoms with Crippen LogP contribution in [0.5, 0.6) is 0 Å². The summed E-state index contributed by atoms with van der Waals surface area (Å²) in [6, 6.07) is 10.0. The highest BCUT2D eigenvalue weighted by Crippen LogP contribution is 2.28. The number of benzene rings is 1. The summed E-state index contributed by atoms with van der Waals surface area (Å²) < 4.78 is 2.22. The second-order valence-corrected chi connectivity index (χ2v) is 7.42. The van der Waals surface area contributed by atoms with Gasteiger partial charge < -0.3 is 9.47 Å². The number of aromatic amines is 1. The van der Waals surface area contributed by atoms with Crippen molar-refractivity contribution in [2.45, 2.75) is 38.6 Å². The Bertz CT molecular complexity index is 895. The van der Waals surface area contributed by atoms with Crippen LogP contribution in [0.15, 0.2) is 48.9 Å². The van der Waals surface area contributed by atoms with Crippen LogP contribution in [0.4, 0.5) is 0 Å². The summed E-state index contributed by atoms with van der Waals surface area (Å²) in [7, 11) is 0. The molecule has 1 amide bonds. The lowest BCUT2D eigenvalue weighted by molar-refractivity contribution is 0.0703. The molecule has 0 bridgehead atoms. The summed E-state index contributed by atoms with van der Waals surface area (Å²) in [6.45, 7) is 5.86. The van der Waals surface area contributed by atoms with Crippen molar-refractivity contribution in [1.29, 1.82) is 0 Å². The monoisotopic (exact) mass is 363 g/mol. The largest absolute Gasteiger partial charge is 0.338 e. The Labute approximate surface area is 159 Å². The number of nitrogens with one attached hydrogen (secondary N) is 1. The number of piperidine rings is 1. The van der Waals surface area contributed by atoms with E-state index in [0.29, 0.717) is 12.0 Å². The number of hydrogen-bond acceptors (Lipinski definition) is 3. The van der Waals surface area contributed by atoms with Gasteiger partial charge in [0.25, 0.3) is 5.91 Å². The highest BCUT2D eigenvalue weighted by molar-refractivity contribution is 5.94. The summed E-state index contributed by atoms with van der Waals surface area (Å²) >= 11 is 0. The van der Waals surface area contributed by atoms with E-state index in [2.05, 4.69) is 33.6 Å². The van der Waals surface area contributed by atoms with Crippen molar-refractivity contribution in [2.24, 2.45) is 0 Å². The molecule has 2 aromatic heterocycles. The molecule has 1 saturated heterocycles. The summed E-state index contributed by atoms with van der Waals surface area (Å²) in [5, 5.41) is 6.92. The van der Waals surface area contributed by atoms with Gasteiger partial charge in [0.15, 0.2) is 0 Å². The van der Waals surface area contributed by atoms with E-state index in [4.69, 9.17) is 0 Å². The predicted molar refractivity (Wildman–Crippen MR) is 105 cm³/mol. The highest BCUT2D eigenvalue weighted by atomic mass is 16.2. The first-order valence-electron chi connectivity index (χ1n) is 9.55. The molecule has 1 fully saturated rings. The van der Waals surface area contributed by atoms with E-state index in [-0.39, 0.29) is 5.91 Å². The van der Waals surface area contributed by atoms with Gasteiger partial charge in [0.2, 0.25) is 0 Å². The zero-order valence-corrected chi connectivity index (χ0v) is 15.8. The van der Waals surface area contributed by atoms with E-state index in [1.165, 1.54) is 0 Å². The third-order valence-electron chi connectivity index (χ3n) is 5.27. The molecule has 0 spiro atoms. The molecule has 4 rings (SSSR count). The number of H-pyrrole nitrogens is 1. The van der Waals surface area contributed by atoms with Crippen LogP contribution in [0.25, 0.3) is 11.3 Å². The van der Waals surface area contributed by atoms with Crippen LogP contribution in [0.3, 0.4) is 0 Å². The molecule has 1 atom stereocenters. The van der Waals surface area contributed by atoms with Gasteiger partial charge in [-0.15, -0.1) is 0 Å². The molecule has 1 unspecified atom stereocenters. The lowest BCUT2D eigenvalue weighted by Crippen LogP contribution is -2.39. The molecular weight excluding hydrogens is 338 g/mol. The summed E-state index contributed by atoms with van der Waals surface area (Å²) in [5.41, 5.74) is 2.71. The lowest BCUT2D eigenvalue weighted by atomic mass is 9.96. The first-order valence-corrected chi connectivity index (χ1v) is 9.55. The van der Waals surface area contributed by atoms with Crippen molar-refractivity contribution in [1.82, 2.24) is 24.6 Å². The fourth-order valence-electron chi connectivity index (χ4n) is 3.84. The van der Waals surface area contributed by atoms with Crippen LogP contribution in [0, 0.1) is 0 Å². The summed E-state index contributed by atoms with van der Waals surface area (Å²) in [4.78, 5) is 19.6. The fourth-order valence-corrected chi connectivity index (χ4v) is 3.84. The van der Waals surface area contributed by atoms with Gasteiger partial charge in [0, 0.05) is 49.2 Å². The van der Waals surface area contributed by atoms with Gasteiger partial charge in [-0.25, -0.2) is 4.98 Å². The average molecular weight is 363 g/mol. The zero-order chi connectivity index (χ0) is 18.8. The minimum Gasteiger partial charge on any atom is -0.338 e. The van der Waals surface area contributed by atoms with E-state index >= 15 is 0 Å². The number of carbonyl (C=O) groups excluding carboxylic acids is 1. The van der Waals surface area contributed by atoms with Crippen molar-refractivity contribution in [2.75, 3.05) is 13.1 Å². The topological polar surface area (TPSA) is 66.8 Å². The quantitative estimate of drug-likeness (QED) is 0.765. The molecule has 140 valence electrons. The van der Waals surface area contributed by atoms with Gasteiger partial charge in [-0.05, 0) is 50.5 Å². The molecule has 1 aliphatic heterocycles. The molecule has 6 nitrogen and oxygen atoms in total. The maximum Gasteiger partial charge on any atom is 0.253 e. The molecule has 3 aromatic rings. The van der Waals surface area contributed by atoms with Gasteiger partial charge in [-0.3, -0.25) is 9.89 Å². The Morgan fingerprint density at radius 1 is 1.19 bits per heavy atom. The Balaban J connectivity index is 1.49. The van der Waals surface area contributed by atoms with E-state index in [9.17, 15) is 4.79 Å². The molecule has 3 heterocycles. The van der Waals surface area contributed by atoms with Crippen molar-refractivity contribution in [3.05, 3.63) is 60.3 Å². The first-order chi connectivity index (χ1) is 13.1. The number of rotatable bonds is 4. The maximum atomic E-state index is 13.0. The molecule has 27 heavy (non-hydrogen) atoms. The van der Waals surface area contributed by atoms with Gasteiger partial charge in [0.1, 0.15) is 5.82 Å². The number of amides is 1. The van der Waals surface area contributed by atoms with Crippen LogP contribution in [-0.4, -0.2) is 43.6 Å². The summed E-state index contributed by atoms with van der Waals surface area (Å²) in [6.07, 6.45) is 7.71. The van der Waals surface area contributed by atoms with Crippen molar-refractivity contribution >= 4 is 5.91 Å². The minimum absolute atomic E-state index is 0.0958. The summed E-state index contributed by atoms with van der Waals surface area (Å²) in [5.74, 6) is 1.49. The second kappa shape index (κ2) is 7.39. The Kier molecular flexibility index (Phi) is 4.79.